The lowest BCUT2D eigenvalue weighted by Gasteiger charge is -2.32. The van der Waals surface area contributed by atoms with Crippen molar-refractivity contribution in [2.45, 2.75) is 25.3 Å². The third-order valence-electron chi connectivity index (χ3n) is 3.62. The number of hydrogen-bond acceptors (Lipinski definition) is 4. The molecule has 0 spiro atoms. The number of carboxylic acid groups (broad SMARTS) is 1. The van der Waals surface area contributed by atoms with Crippen molar-refractivity contribution in [3.63, 3.8) is 0 Å². The van der Waals surface area contributed by atoms with E-state index in [4.69, 9.17) is 10.8 Å². The van der Waals surface area contributed by atoms with Gasteiger partial charge in [0.1, 0.15) is 5.54 Å². The van der Waals surface area contributed by atoms with Gasteiger partial charge in [-0.25, -0.2) is 0 Å². The maximum absolute atomic E-state index is 12.2. The first kappa shape index (κ1) is 16.4. The molecule has 0 saturated heterocycles. The molecule has 0 aliphatic heterocycles. The summed E-state index contributed by atoms with van der Waals surface area (Å²) < 4.78 is 0. The van der Waals surface area contributed by atoms with E-state index in [1.54, 1.807) is 24.4 Å². The molecule has 1 unspecified atom stereocenters. The number of hydrogen-bond donors (Lipinski definition) is 3. The van der Waals surface area contributed by atoms with Crippen molar-refractivity contribution in [1.29, 1.82) is 0 Å². The minimum absolute atomic E-state index is 0.160. The summed E-state index contributed by atoms with van der Waals surface area (Å²) in [5.41, 5.74) is 4.81. The lowest BCUT2D eigenvalue weighted by molar-refractivity contribution is -0.139. The number of fused-ring (bicyclic) bond motifs is 1. The van der Waals surface area contributed by atoms with Crippen LogP contribution in [0.1, 0.15) is 25.3 Å². The van der Waals surface area contributed by atoms with Gasteiger partial charge in [-0.05, 0) is 12.5 Å². The van der Waals surface area contributed by atoms with E-state index in [9.17, 15) is 14.4 Å². The average molecular weight is 315 g/mol. The van der Waals surface area contributed by atoms with E-state index in [1.165, 1.54) is 6.92 Å². The Morgan fingerprint density at radius 3 is 2.57 bits per heavy atom. The second kappa shape index (κ2) is 6.43. The molecule has 2 rings (SSSR count). The molecule has 4 N–H and O–H groups in total. The van der Waals surface area contributed by atoms with Gasteiger partial charge in [-0.3, -0.25) is 19.4 Å². The van der Waals surface area contributed by atoms with Gasteiger partial charge in [0.15, 0.2) is 0 Å². The van der Waals surface area contributed by atoms with Crippen LogP contribution in [-0.2, 0) is 19.9 Å². The molecule has 120 valence electrons. The van der Waals surface area contributed by atoms with Gasteiger partial charge in [-0.15, -0.1) is 0 Å². The first-order valence-corrected chi connectivity index (χ1v) is 7.01. The van der Waals surface area contributed by atoms with E-state index < -0.39 is 23.3 Å². The highest BCUT2D eigenvalue weighted by Crippen LogP contribution is 2.31. The number of amides is 2. The zero-order valence-electron chi connectivity index (χ0n) is 12.6. The summed E-state index contributed by atoms with van der Waals surface area (Å²) >= 11 is 0. The van der Waals surface area contributed by atoms with Crippen molar-refractivity contribution in [2.24, 2.45) is 5.73 Å². The van der Waals surface area contributed by atoms with Gasteiger partial charge in [0, 0.05) is 30.5 Å². The number of nitrogens with zero attached hydrogens (tertiary/aromatic N) is 1. The van der Waals surface area contributed by atoms with Crippen molar-refractivity contribution >= 4 is 28.7 Å². The second-order valence-electron chi connectivity index (χ2n) is 5.23. The Kier molecular flexibility index (Phi) is 4.59. The van der Waals surface area contributed by atoms with Gasteiger partial charge in [0.25, 0.3) is 0 Å². The Balaban J connectivity index is 2.69. The van der Waals surface area contributed by atoms with Crippen LogP contribution in [0.4, 0.5) is 0 Å². The van der Waals surface area contributed by atoms with Gasteiger partial charge in [-0.2, -0.15) is 0 Å². The quantitative estimate of drug-likeness (QED) is 0.731. The maximum Gasteiger partial charge on any atom is 0.303 e. The number of nitrogens with one attached hydrogen (secondary N) is 1. The summed E-state index contributed by atoms with van der Waals surface area (Å²) in [6.45, 7) is 1.25. The molecule has 1 aromatic carbocycles. The first-order valence-electron chi connectivity index (χ1n) is 7.01. The van der Waals surface area contributed by atoms with Gasteiger partial charge in [0.2, 0.25) is 11.8 Å². The number of aliphatic carboxylic acids is 1. The molecule has 1 heterocycles. The molecule has 0 fully saturated rings. The van der Waals surface area contributed by atoms with E-state index in [1.807, 2.05) is 12.1 Å². The Morgan fingerprint density at radius 2 is 1.96 bits per heavy atom. The summed E-state index contributed by atoms with van der Waals surface area (Å²) in [6, 6.07) is 8.69. The minimum Gasteiger partial charge on any atom is -0.481 e. The van der Waals surface area contributed by atoms with Gasteiger partial charge < -0.3 is 16.2 Å². The lowest BCUT2D eigenvalue weighted by atomic mass is 9.83. The zero-order valence-corrected chi connectivity index (χ0v) is 12.6. The Labute approximate surface area is 132 Å². The standard InChI is InChI=1S/C16H17N3O4/c1-10(20)19-16(15(17)23,8-7-13(21)22)12-6-2-4-11-5-3-9-18-14(11)12/h2-6,9H,7-8H2,1H3,(H2,17,23)(H,19,20)(H,21,22). The van der Waals surface area contributed by atoms with Crippen LogP contribution in [0.3, 0.4) is 0 Å². The van der Waals surface area contributed by atoms with Crippen LogP contribution in [0, 0.1) is 0 Å². The van der Waals surface area contributed by atoms with Crippen molar-refractivity contribution < 1.29 is 19.5 Å². The van der Waals surface area contributed by atoms with Crippen LogP contribution in [0.5, 0.6) is 0 Å². The molecule has 7 heteroatoms. The molecule has 23 heavy (non-hydrogen) atoms. The number of carbonyl (C=O) groups is 3. The molecule has 0 saturated carbocycles. The van der Waals surface area contributed by atoms with Crippen LogP contribution in [-0.4, -0.2) is 27.9 Å². The van der Waals surface area contributed by atoms with E-state index in [2.05, 4.69) is 10.3 Å². The van der Waals surface area contributed by atoms with E-state index in [0.29, 0.717) is 11.1 Å². The van der Waals surface area contributed by atoms with E-state index in [-0.39, 0.29) is 12.8 Å². The summed E-state index contributed by atoms with van der Waals surface area (Å²) in [7, 11) is 0. The second-order valence-corrected chi connectivity index (χ2v) is 5.23. The molecule has 0 aliphatic rings. The average Bonchev–Trinajstić information content (AvgIpc) is 2.50. The molecular formula is C16H17N3O4. The van der Waals surface area contributed by atoms with Crippen molar-refractivity contribution in [3.05, 3.63) is 42.1 Å². The predicted molar refractivity (Wildman–Crippen MR) is 83.3 cm³/mol. The topological polar surface area (TPSA) is 122 Å². The minimum atomic E-state index is -1.63. The van der Waals surface area contributed by atoms with Crippen molar-refractivity contribution in [1.82, 2.24) is 10.3 Å². The van der Waals surface area contributed by atoms with Crippen LogP contribution in [0.15, 0.2) is 36.5 Å². The van der Waals surface area contributed by atoms with Crippen LogP contribution in [0.25, 0.3) is 10.9 Å². The smallest absolute Gasteiger partial charge is 0.303 e. The SMILES string of the molecule is CC(=O)NC(CCC(=O)O)(C(N)=O)c1cccc2cccnc12. The number of carbonyl (C=O) groups excluding carboxylic acids is 2. The molecule has 0 radical (unpaired) electrons. The third-order valence-corrected chi connectivity index (χ3v) is 3.62. The maximum atomic E-state index is 12.2. The number of aromatic nitrogens is 1. The third kappa shape index (κ3) is 3.28. The molecular weight excluding hydrogens is 298 g/mol. The highest BCUT2D eigenvalue weighted by atomic mass is 16.4. The molecule has 2 amide bonds. The molecule has 7 nitrogen and oxygen atoms in total. The Bertz CT molecular complexity index is 770. The fourth-order valence-electron chi connectivity index (χ4n) is 2.63. The number of primary amides is 1. The number of pyridine rings is 1. The van der Waals surface area contributed by atoms with Crippen LogP contribution >= 0.6 is 0 Å². The van der Waals surface area contributed by atoms with Gasteiger partial charge in [0.05, 0.1) is 5.52 Å². The fraction of sp³-hybridized carbons (Fsp3) is 0.250. The van der Waals surface area contributed by atoms with Gasteiger partial charge >= 0.3 is 5.97 Å². The number of benzene rings is 1. The predicted octanol–water partition coefficient (Wildman–Crippen LogP) is 0.916. The Hall–Kier alpha value is -2.96. The largest absolute Gasteiger partial charge is 0.481 e. The van der Waals surface area contributed by atoms with E-state index in [0.717, 1.165) is 5.39 Å². The summed E-state index contributed by atoms with van der Waals surface area (Å²) in [5.74, 6) is -2.40. The molecule has 0 bridgehead atoms. The van der Waals surface area contributed by atoms with Crippen LogP contribution in [0.2, 0.25) is 0 Å². The van der Waals surface area contributed by atoms with Crippen LogP contribution < -0.4 is 11.1 Å². The summed E-state index contributed by atoms with van der Waals surface area (Å²) in [5, 5.41) is 12.3. The first-order chi connectivity index (χ1) is 10.9. The normalized spacial score (nSPS) is 13.3. The molecule has 1 atom stereocenters. The van der Waals surface area contributed by atoms with Gasteiger partial charge in [-0.1, -0.05) is 24.3 Å². The molecule has 0 aliphatic carbocycles. The highest BCUT2D eigenvalue weighted by Gasteiger charge is 2.41. The fourth-order valence-corrected chi connectivity index (χ4v) is 2.63. The molecule has 2 aromatic rings. The zero-order chi connectivity index (χ0) is 17.0. The number of rotatable bonds is 6. The number of carboxylic acids is 1. The van der Waals surface area contributed by atoms with Crippen molar-refractivity contribution in [3.8, 4) is 0 Å². The van der Waals surface area contributed by atoms with E-state index >= 15 is 0 Å². The lowest BCUT2D eigenvalue weighted by Crippen LogP contribution is -2.54. The summed E-state index contributed by atoms with van der Waals surface area (Å²) in [6.07, 6.45) is 1.07. The molecule has 1 aromatic heterocycles. The highest BCUT2D eigenvalue weighted by molar-refractivity contribution is 5.96. The number of nitrogens with two attached hydrogens (primary N) is 1. The monoisotopic (exact) mass is 315 g/mol. The summed E-state index contributed by atoms with van der Waals surface area (Å²) in [4.78, 5) is 39.1. The van der Waals surface area contributed by atoms with Crippen molar-refractivity contribution in [2.75, 3.05) is 0 Å². The number of para-hydroxylation sites is 1. The Morgan fingerprint density at radius 1 is 1.26 bits per heavy atom.